The molecule has 0 unspecified atom stereocenters. The minimum absolute atomic E-state index is 0.356. The number of methoxy groups -OCH3 is 2. The van der Waals surface area contributed by atoms with Crippen molar-refractivity contribution in [3.05, 3.63) is 29.8 Å². The number of fused-ring (bicyclic) bond motifs is 1. The molecule has 0 radical (unpaired) electrons. The number of rotatable bonds is 4. The number of aliphatic hydroxyl groups excluding tert-OH is 1. The maximum atomic E-state index is 10.1. The van der Waals surface area contributed by atoms with E-state index in [9.17, 15) is 5.11 Å². The van der Waals surface area contributed by atoms with Crippen LogP contribution in [-0.4, -0.2) is 44.1 Å². The standard InChI is InChI=1S/C14H20N2O3/c1-18-13(19-2)9-15-14-12(17)8-7-10-5-3-4-6-11(10)16-14/h3-6,12-13,17H,7-9H2,1-2H3,(H,15,16)/t12-/m1/s1. The number of benzene rings is 1. The average Bonchev–Trinajstić information content (AvgIpc) is 2.60. The van der Waals surface area contributed by atoms with Gasteiger partial charge in [-0.3, -0.25) is 4.99 Å². The number of nitrogens with zero attached hydrogens (tertiary/aromatic N) is 1. The minimum atomic E-state index is -0.582. The number of aliphatic hydroxyl groups is 1. The first-order valence-corrected chi connectivity index (χ1v) is 6.37. The Labute approximate surface area is 113 Å². The lowest BCUT2D eigenvalue weighted by atomic mass is 10.1. The molecule has 0 bridgehead atoms. The van der Waals surface area contributed by atoms with Crippen molar-refractivity contribution in [2.24, 2.45) is 4.99 Å². The fourth-order valence-electron chi connectivity index (χ4n) is 2.07. The summed E-state index contributed by atoms with van der Waals surface area (Å²) in [5.74, 6) is 0.573. The van der Waals surface area contributed by atoms with E-state index in [4.69, 9.17) is 9.47 Å². The summed E-state index contributed by atoms with van der Waals surface area (Å²) in [7, 11) is 3.14. The van der Waals surface area contributed by atoms with Crippen molar-refractivity contribution in [1.29, 1.82) is 0 Å². The van der Waals surface area contributed by atoms with Gasteiger partial charge in [-0.1, -0.05) is 18.2 Å². The van der Waals surface area contributed by atoms with Gasteiger partial charge in [0.15, 0.2) is 6.29 Å². The molecule has 5 nitrogen and oxygen atoms in total. The van der Waals surface area contributed by atoms with Gasteiger partial charge in [-0.05, 0) is 24.5 Å². The Morgan fingerprint density at radius 3 is 2.84 bits per heavy atom. The summed E-state index contributed by atoms with van der Waals surface area (Å²) in [6.45, 7) is 0.356. The normalized spacial score (nSPS) is 21.1. The van der Waals surface area contributed by atoms with Gasteiger partial charge in [-0.15, -0.1) is 0 Å². The first-order chi connectivity index (χ1) is 9.24. The maximum absolute atomic E-state index is 10.1. The molecule has 1 heterocycles. The highest BCUT2D eigenvalue weighted by Crippen LogP contribution is 2.22. The van der Waals surface area contributed by atoms with Crippen LogP contribution in [0.25, 0.3) is 0 Å². The second-order valence-corrected chi connectivity index (χ2v) is 4.46. The molecule has 1 aromatic rings. The van der Waals surface area contributed by atoms with Crippen LogP contribution in [0, 0.1) is 0 Å². The molecule has 1 aromatic carbocycles. The predicted octanol–water partition coefficient (Wildman–Crippen LogP) is 1.42. The van der Waals surface area contributed by atoms with E-state index < -0.39 is 6.10 Å². The largest absolute Gasteiger partial charge is 0.385 e. The van der Waals surface area contributed by atoms with Crippen LogP contribution in [0.1, 0.15) is 12.0 Å². The van der Waals surface area contributed by atoms with Crippen molar-refractivity contribution in [2.75, 3.05) is 26.1 Å². The van der Waals surface area contributed by atoms with Crippen molar-refractivity contribution in [3.63, 3.8) is 0 Å². The van der Waals surface area contributed by atoms with Crippen molar-refractivity contribution in [1.82, 2.24) is 0 Å². The molecule has 19 heavy (non-hydrogen) atoms. The van der Waals surface area contributed by atoms with Gasteiger partial charge in [0, 0.05) is 19.9 Å². The molecular formula is C14H20N2O3. The molecule has 0 fully saturated rings. The Hall–Kier alpha value is -1.43. The van der Waals surface area contributed by atoms with E-state index in [1.165, 1.54) is 5.56 Å². The summed E-state index contributed by atoms with van der Waals surface area (Å²) < 4.78 is 10.2. The summed E-state index contributed by atoms with van der Waals surface area (Å²) in [6.07, 6.45) is 0.524. The number of hydrogen-bond donors (Lipinski definition) is 2. The molecule has 2 N–H and O–H groups in total. The number of amidine groups is 1. The van der Waals surface area contributed by atoms with Crippen LogP contribution in [-0.2, 0) is 15.9 Å². The van der Waals surface area contributed by atoms with Crippen LogP contribution in [0.15, 0.2) is 29.3 Å². The Morgan fingerprint density at radius 1 is 1.37 bits per heavy atom. The molecule has 0 amide bonds. The van der Waals surface area contributed by atoms with E-state index in [0.29, 0.717) is 18.8 Å². The molecule has 5 heteroatoms. The van der Waals surface area contributed by atoms with Gasteiger partial charge in [0.2, 0.25) is 0 Å². The third kappa shape index (κ3) is 3.53. The van der Waals surface area contributed by atoms with E-state index in [1.807, 2.05) is 18.2 Å². The highest BCUT2D eigenvalue weighted by molar-refractivity contribution is 5.99. The molecule has 104 valence electrons. The summed E-state index contributed by atoms with van der Waals surface area (Å²) in [4.78, 5) is 4.37. The zero-order valence-corrected chi connectivity index (χ0v) is 11.3. The molecule has 0 saturated heterocycles. The Bertz CT molecular complexity index is 444. The maximum Gasteiger partial charge on any atom is 0.176 e. The van der Waals surface area contributed by atoms with Gasteiger partial charge in [0.1, 0.15) is 11.9 Å². The van der Waals surface area contributed by atoms with Crippen LogP contribution in [0.4, 0.5) is 5.69 Å². The van der Waals surface area contributed by atoms with Crippen molar-refractivity contribution < 1.29 is 14.6 Å². The van der Waals surface area contributed by atoms with E-state index in [1.54, 1.807) is 14.2 Å². The predicted molar refractivity (Wildman–Crippen MR) is 74.5 cm³/mol. The lowest BCUT2D eigenvalue weighted by Gasteiger charge is -2.15. The van der Waals surface area contributed by atoms with E-state index in [0.717, 1.165) is 12.1 Å². The van der Waals surface area contributed by atoms with Gasteiger partial charge in [-0.2, -0.15) is 0 Å². The Kier molecular flexibility index (Phi) is 4.90. The fraction of sp³-hybridized carbons (Fsp3) is 0.500. The molecule has 0 spiro atoms. The van der Waals surface area contributed by atoms with E-state index in [-0.39, 0.29) is 6.29 Å². The molecule has 0 aromatic heterocycles. The van der Waals surface area contributed by atoms with Crippen molar-refractivity contribution in [3.8, 4) is 0 Å². The van der Waals surface area contributed by atoms with Crippen LogP contribution in [0.2, 0.25) is 0 Å². The molecule has 0 aliphatic carbocycles. The second kappa shape index (κ2) is 6.65. The first kappa shape index (κ1) is 14.0. The number of para-hydroxylation sites is 1. The average molecular weight is 264 g/mol. The Balaban J connectivity index is 2.14. The number of anilines is 1. The smallest absolute Gasteiger partial charge is 0.176 e. The van der Waals surface area contributed by atoms with Gasteiger partial charge < -0.3 is 19.9 Å². The molecule has 2 rings (SSSR count). The monoisotopic (exact) mass is 264 g/mol. The van der Waals surface area contributed by atoms with E-state index >= 15 is 0 Å². The van der Waals surface area contributed by atoms with Crippen LogP contribution in [0.3, 0.4) is 0 Å². The summed E-state index contributed by atoms with van der Waals surface area (Å²) in [5.41, 5.74) is 2.20. The van der Waals surface area contributed by atoms with Crippen LogP contribution in [0.5, 0.6) is 0 Å². The fourth-order valence-corrected chi connectivity index (χ4v) is 2.07. The lowest BCUT2D eigenvalue weighted by Crippen LogP contribution is -2.28. The summed E-state index contributed by atoms with van der Waals surface area (Å²) in [6, 6.07) is 8.02. The Morgan fingerprint density at radius 2 is 2.11 bits per heavy atom. The molecule has 1 aliphatic rings. The van der Waals surface area contributed by atoms with Gasteiger partial charge in [-0.25, -0.2) is 0 Å². The van der Waals surface area contributed by atoms with Gasteiger partial charge in [0.05, 0.1) is 6.54 Å². The molecule has 1 aliphatic heterocycles. The third-order valence-electron chi connectivity index (χ3n) is 3.22. The highest BCUT2D eigenvalue weighted by Gasteiger charge is 2.19. The third-order valence-corrected chi connectivity index (χ3v) is 3.22. The second-order valence-electron chi connectivity index (χ2n) is 4.46. The zero-order valence-electron chi connectivity index (χ0n) is 11.3. The van der Waals surface area contributed by atoms with Crippen LogP contribution >= 0.6 is 0 Å². The first-order valence-electron chi connectivity index (χ1n) is 6.37. The number of hydrogen-bond acceptors (Lipinski definition) is 4. The quantitative estimate of drug-likeness (QED) is 0.807. The number of aryl methyl sites for hydroxylation is 1. The minimum Gasteiger partial charge on any atom is -0.385 e. The van der Waals surface area contributed by atoms with Gasteiger partial charge in [0.25, 0.3) is 0 Å². The molecule has 0 saturated carbocycles. The van der Waals surface area contributed by atoms with Gasteiger partial charge >= 0.3 is 0 Å². The number of ether oxygens (including phenoxy) is 2. The van der Waals surface area contributed by atoms with Crippen molar-refractivity contribution >= 4 is 11.5 Å². The highest BCUT2D eigenvalue weighted by atomic mass is 16.7. The van der Waals surface area contributed by atoms with Crippen molar-refractivity contribution in [2.45, 2.75) is 25.2 Å². The van der Waals surface area contributed by atoms with Crippen LogP contribution < -0.4 is 5.32 Å². The van der Waals surface area contributed by atoms with E-state index in [2.05, 4.69) is 16.4 Å². The molecule has 1 atom stereocenters. The lowest BCUT2D eigenvalue weighted by molar-refractivity contribution is -0.0937. The SMILES string of the molecule is COC(CN=C1Nc2ccccc2CC[C@H]1O)OC. The number of aliphatic imine (C=N–C) groups is 1. The number of nitrogens with one attached hydrogen (secondary N) is 1. The summed E-state index contributed by atoms with van der Waals surface area (Å²) in [5, 5.41) is 13.3. The molecular weight excluding hydrogens is 244 g/mol. The zero-order chi connectivity index (χ0) is 13.7. The summed E-state index contributed by atoms with van der Waals surface area (Å²) >= 11 is 0. The topological polar surface area (TPSA) is 63.1 Å².